The van der Waals surface area contributed by atoms with Crippen LogP contribution >= 0.6 is 0 Å². The van der Waals surface area contributed by atoms with Crippen molar-refractivity contribution in [1.82, 2.24) is 0 Å². The maximum atomic E-state index is 10.5. The molecule has 0 radical (unpaired) electrons. The van der Waals surface area contributed by atoms with E-state index in [1.807, 2.05) is 19.9 Å². The van der Waals surface area contributed by atoms with Crippen LogP contribution in [0.1, 0.15) is 13.8 Å². The van der Waals surface area contributed by atoms with Crippen molar-refractivity contribution in [2.75, 3.05) is 21.3 Å². The van der Waals surface area contributed by atoms with Crippen molar-refractivity contribution >= 4 is 12.3 Å². The Morgan fingerprint density at radius 3 is 1.53 bits per heavy atom. The minimum Gasteiger partial charge on any atom is -0.438 e. The number of carbonyl (C=O) groups excluding carboxylic acids is 2. The highest BCUT2D eigenvalue weighted by atomic mass is 16.7. The van der Waals surface area contributed by atoms with Crippen LogP contribution < -0.4 is 4.74 Å². The monoisotopic (exact) mass is 272 g/mol. The first-order valence-corrected chi connectivity index (χ1v) is 5.56. The van der Waals surface area contributed by atoms with E-state index in [4.69, 9.17) is 4.74 Å². The average molecular weight is 272 g/mol. The number of para-hydroxylation sites is 1. The summed E-state index contributed by atoms with van der Waals surface area (Å²) in [6.45, 7) is 4.00. The van der Waals surface area contributed by atoms with Gasteiger partial charge in [-0.15, -0.1) is 0 Å². The quantitative estimate of drug-likeness (QED) is 0.577. The molecule has 19 heavy (non-hydrogen) atoms. The molecule has 108 valence electrons. The molecular weight excluding hydrogens is 252 g/mol. The lowest BCUT2D eigenvalue weighted by Crippen LogP contribution is -2.06. The lowest BCUT2D eigenvalue weighted by atomic mass is 10.3. The summed E-state index contributed by atoms with van der Waals surface area (Å²) < 4.78 is 17.1. The van der Waals surface area contributed by atoms with E-state index in [1.54, 1.807) is 24.3 Å². The molecule has 1 rings (SSSR count). The van der Waals surface area contributed by atoms with Gasteiger partial charge in [-0.25, -0.2) is 9.59 Å². The fraction of sp³-hybridized carbons (Fsp3) is 0.385. The molecule has 0 N–H and O–H groups in total. The fourth-order valence-electron chi connectivity index (χ4n) is 0.710. The van der Waals surface area contributed by atoms with Crippen molar-refractivity contribution in [2.24, 2.45) is 0 Å². The standard InChI is InChI=1S/C8H8O3.C3H6O3.C2H6/c1-10-8(9)11-7-5-3-2-4-6-7;1-5-3(4)6-2;1-2/h2-6H,1H3;1-2H3;1-2H3. The second-order valence-electron chi connectivity index (χ2n) is 2.53. The van der Waals surface area contributed by atoms with E-state index >= 15 is 0 Å². The van der Waals surface area contributed by atoms with Gasteiger partial charge in [-0.05, 0) is 12.1 Å². The largest absolute Gasteiger partial charge is 0.513 e. The molecule has 6 heteroatoms. The second kappa shape index (κ2) is 13.8. The summed E-state index contributed by atoms with van der Waals surface area (Å²) in [5.41, 5.74) is 0. The highest BCUT2D eigenvalue weighted by Crippen LogP contribution is 2.08. The van der Waals surface area contributed by atoms with Gasteiger partial charge < -0.3 is 18.9 Å². The zero-order valence-corrected chi connectivity index (χ0v) is 11.8. The van der Waals surface area contributed by atoms with Gasteiger partial charge in [-0.1, -0.05) is 32.0 Å². The SMILES string of the molecule is CC.COC(=O)OC.COC(=O)Oc1ccccc1. The van der Waals surface area contributed by atoms with Gasteiger partial charge in [0.1, 0.15) is 5.75 Å². The third-order valence-corrected chi connectivity index (χ3v) is 1.44. The molecule has 0 aliphatic heterocycles. The summed E-state index contributed by atoms with van der Waals surface area (Å²) in [6.07, 6.45) is -1.36. The van der Waals surface area contributed by atoms with Crippen molar-refractivity contribution < 1.29 is 28.5 Å². The molecule has 0 saturated heterocycles. The molecule has 0 aliphatic carbocycles. The van der Waals surface area contributed by atoms with Crippen LogP contribution in [0.5, 0.6) is 5.75 Å². The van der Waals surface area contributed by atoms with E-state index in [0.29, 0.717) is 5.75 Å². The van der Waals surface area contributed by atoms with Gasteiger partial charge in [0, 0.05) is 0 Å². The first kappa shape index (κ1) is 19.1. The highest BCUT2D eigenvalue weighted by molar-refractivity contribution is 5.63. The zero-order valence-electron chi connectivity index (χ0n) is 11.8. The third-order valence-electron chi connectivity index (χ3n) is 1.44. The maximum Gasteiger partial charge on any atom is 0.513 e. The van der Waals surface area contributed by atoms with Crippen molar-refractivity contribution in [2.45, 2.75) is 13.8 Å². The summed E-state index contributed by atoms with van der Waals surface area (Å²) in [5.74, 6) is 0.486. The van der Waals surface area contributed by atoms with E-state index in [-0.39, 0.29) is 0 Å². The number of carbonyl (C=O) groups is 2. The van der Waals surface area contributed by atoms with Crippen LogP contribution in [0.25, 0.3) is 0 Å². The molecule has 0 heterocycles. The number of hydrogen-bond acceptors (Lipinski definition) is 6. The predicted molar refractivity (Wildman–Crippen MR) is 70.2 cm³/mol. The molecule has 0 atom stereocenters. The molecule has 0 fully saturated rings. The predicted octanol–water partition coefficient (Wildman–Crippen LogP) is 3.26. The van der Waals surface area contributed by atoms with Crippen molar-refractivity contribution in [3.8, 4) is 5.75 Å². The Kier molecular flexibility index (Phi) is 13.9. The van der Waals surface area contributed by atoms with Crippen LogP contribution in [0.2, 0.25) is 0 Å². The fourth-order valence-corrected chi connectivity index (χ4v) is 0.710. The van der Waals surface area contributed by atoms with Crippen LogP contribution in [0.15, 0.2) is 30.3 Å². The molecule has 0 aromatic heterocycles. The molecule has 0 aliphatic rings. The van der Waals surface area contributed by atoms with Crippen LogP contribution in [-0.2, 0) is 14.2 Å². The van der Waals surface area contributed by atoms with Crippen molar-refractivity contribution in [1.29, 1.82) is 0 Å². The van der Waals surface area contributed by atoms with Gasteiger partial charge in [0.2, 0.25) is 0 Å². The van der Waals surface area contributed by atoms with Gasteiger partial charge in [0.05, 0.1) is 21.3 Å². The first-order chi connectivity index (χ1) is 9.13. The van der Waals surface area contributed by atoms with Gasteiger partial charge >= 0.3 is 12.3 Å². The third kappa shape index (κ3) is 12.0. The molecule has 0 spiro atoms. The summed E-state index contributed by atoms with van der Waals surface area (Å²) in [7, 11) is 3.78. The summed E-state index contributed by atoms with van der Waals surface area (Å²) >= 11 is 0. The minimum absolute atomic E-state index is 0.486. The average Bonchev–Trinajstić information content (AvgIpc) is 2.50. The van der Waals surface area contributed by atoms with E-state index in [9.17, 15) is 9.59 Å². The lowest BCUT2D eigenvalue weighted by molar-refractivity contribution is 0.0924. The van der Waals surface area contributed by atoms with E-state index < -0.39 is 12.3 Å². The van der Waals surface area contributed by atoms with Gasteiger partial charge in [-0.2, -0.15) is 0 Å². The first-order valence-electron chi connectivity index (χ1n) is 5.56. The van der Waals surface area contributed by atoms with Crippen LogP contribution in [0.4, 0.5) is 9.59 Å². The Morgan fingerprint density at radius 2 is 1.21 bits per heavy atom. The summed E-state index contributed by atoms with van der Waals surface area (Å²) in [5, 5.41) is 0. The number of benzene rings is 1. The van der Waals surface area contributed by atoms with Gasteiger partial charge in [0.25, 0.3) is 0 Å². The molecule has 0 unspecified atom stereocenters. The lowest BCUT2D eigenvalue weighted by Gasteiger charge is -1.99. The number of methoxy groups -OCH3 is 3. The smallest absolute Gasteiger partial charge is 0.438 e. The molecule has 1 aromatic rings. The highest BCUT2D eigenvalue weighted by Gasteiger charge is 2.00. The number of rotatable bonds is 1. The Morgan fingerprint density at radius 1 is 0.789 bits per heavy atom. The molecule has 0 saturated carbocycles. The Labute approximate surface area is 113 Å². The van der Waals surface area contributed by atoms with E-state index in [0.717, 1.165) is 0 Å². The molecule has 1 aromatic carbocycles. The minimum atomic E-state index is -0.698. The van der Waals surface area contributed by atoms with E-state index in [1.165, 1.54) is 21.3 Å². The molecule has 6 nitrogen and oxygen atoms in total. The van der Waals surface area contributed by atoms with Crippen LogP contribution in [-0.4, -0.2) is 33.6 Å². The molecule has 0 bridgehead atoms. The Hall–Kier alpha value is -2.24. The normalized spacial score (nSPS) is 7.63. The molecule has 0 amide bonds. The zero-order chi connectivity index (χ0) is 15.1. The molecular formula is C13H20O6. The number of ether oxygens (including phenoxy) is 4. The van der Waals surface area contributed by atoms with E-state index in [2.05, 4.69) is 14.2 Å². The van der Waals surface area contributed by atoms with Crippen molar-refractivity contribution in [3.63, 3.8) is 0 Å². The van der Waals surface area contributed by atoms with Crippen LogP contribution in [0, 0.1) is 0 Å². The van der Waals surface area contributed by atoms with Crippen LogP contribution in [0.3, 0.4) is 0 Å². The summed E-state index contributed by atoms with van der Waals surface area (Å²) in [4.78, 5) is 20.3. The van der Waals surface area contributed by atoms with Gasteiger partial charge in [-0.3, -0.25) is 0 Å². The van der Waals surface area contributed by atoms with Crippen molar-refractivity contribution in [3.05, 3.63) is 30.3 Å². The second-order valence-corrected chi connectivity index (χ2v) is 2.53. The Balaban J connectivity index is 0. The Bertz CT molecular complexity index is 330. The maximum absolute atomic E-state index is 10.5. The summed E-state index contributed by atoms with van der Waals surface area (Å²) in [6, 6.07) is 8.74. The van der Waals surface area contributed by atoms with Gasteiger partial charge in [0.15, 0.2) is 0 Å². The number of hydrogen-bond donors (Lipinski definition) is 0. The topological polar surface area (TPSA) is 71.1 Å².